The van der Waals surface area contributed by atoms with Crippen LogP contribution in [0.15, 0.2) is 35.3 Å². The van der Waals surface area contributed by atoms with Crippen LogP contribution in [0.2, 0.25) is 0 Å². The fourth-order valence-electron chi connectivity index (χ4n) is 2.53. The maximum Gasteiger partial charge on any atom is 0.278 e. The van der Waals surface area contributed by atoms with Gasteiger partial charge in [0.05, 0.1) is 17.9 Å². The summed E-state index contributed by atoms with van der Waals surface area (Å²) in [6.45, 7) is 2.40. The van der Waals surface area contributed by atoms with Gasteiger partial charge < -0.3 is 9.72 Å². The molecule has 5 N–H and O–H groups in total. The predicted octanol–water partition coefficient (Wildman–Crippen LogP) is 1.48. The van der Waals surface area contributed by atoms with Gasteiger partial charge in [-0.1, -0.05) is 6.07 Å². The topological polar surface area (TPSA) is 120 Å². The Morgan fingerprint density at radius 3 is 2.92 bits per heavy atom. The monoisotopic (exact) mass is 325 g/mol. The first-order valence-electron chi connectivity index (χ1n) is 7.45. The summed E-state index contributed by atoms with van der Waals surface area (Å²) in [5.41, 5.74) is 10.6. The number of anilines is 2. The minimum absolute atomic E-state index is 0.272. The first-order valence-corrected chi connectivity index (χ1v) is 7.45. The number of aromatic amines is 2. The number of nitrogens with zero attached hydrogens (tertiary/aromatic N) is 2. The van der Waals surface area contributed by atoms with Crippen molar-refractivity contribution >= 4 is 11.5 Å². The van der Waals surface area contributed by atoms with Crippen LogP contribution in [0.5, 0.6) is 5.75 Å². The number of benzene rings is 1. The Bertz CT molecular complexity index is 933. The third kappa shape index (κ3) is 2.36. The molecule has 9 nitrogen and oxygen atoms in total. The average molecular weight is 325 g/mol. The molecule has 0 radical (unpaired) electrons. The Hall–Kier alpha value is -3.33. The molecule has 0 amide bonds. The molecule has 1 aliphatic heterocycles. The second-order valence-electron chi connectivity index (χ2n) is 5.12. The number of H-pyrrole nitrogens is 2. The smallest absolute Gasteiger partial charge is 0.278 e. The molecule has 3 heterocycles. The van der Waals surface area contributed by atoms with E-state index in [4.69, 9.17) is 4.74 Å². The van der Waals surface area contributed by atoms with Crippen molar-refractivity contribution in [3.05, 3.63) is 40.8 Å². The molecule has 9 heteroatoms. The van der Waals surface area contributed by atoms with Crippen LogP contribution in [0.25, 0.3) is 22.6 Å². The lowest BCUT2D eigenvalue weighted by Gasteiger charge is -2.11. The van der Waals surface area contributed by atoms with Crippen LogP contribution in [0.3, 0.4) is 0 Å². The van der Waals surface area contributed by atoms with Crippen LogP contribution in [0, 0.1) is 0 Å². The summed E-state index contributed by atoms with van der Waals surface area (Å²) in [5, 5.41) is 6.96. The number of ether oxygens (including phenoxy) is 1. The molecular formula is C15H15N7O2. The summed E-state index contributed by atoms with van der Waals surface area (Å²) in [7, 11) is 0. The molecule has 4 rings (SSSR count). The molecule has 0 spiro atoms. The molecule has 0 saturated heterocycles. The van der Waals surface area contributed by atoms with Gasteiger partial charge in [0.2, 0.25) is 0 Å². The second-order valence-corrected chi connectivity index (χ2v) is 5.12. The molecule has 0 unspecified atom stereocenters. The van der Waals surface area contributed by atoms with Gasteiger partial charge in [0.15, 0.2) is 11.5 Å². The largest absolute Gasteiger partial charge is 0.493 e. The summed E-state index contributed by atoms with van der Waals surface area (Å²) in [5.74, 6) is 1.49. The SMILES string of the molecule is CCOc1cc(-c2cc[nH]n2)ccc1-c1nc2c(c(=O)[nH]1)NNN2. The first kappa shape index (κ1) is 14.3. The van der Waals surface area contributed by atoms with E-state index in [1.54, 1.807) is 6.20 Å². The number of aromatic nitrogens is 4. The molecule has 0 bridgehead atoms. The van der Waals surface area contributed by atoms with Gasteiger partial charge in [-0.15, -0.1) is 5.53 Å². The van der Waals surface area contributed by atoms with Gasteiger partial charge in [0.25, 0.3) is 5.56 Å². The molecule has 0 saturated carbocycles. The van der Waals surface area contributed by atoms with Gasteiger partial charge in [-0.2, -0.15) is 5.10 Å². The zero-order valence-electron chi connectivity index (χ0n) is 12.8. The van der Waals surface area contributed by atoms with E-state index in [0.29, 0.717) is 35.2 Å². The number of nitrogens with one attached hydrogen (secondary N) is 5. The van der Waals surface area contributed by atoms with Crippen molar-refractivity contribution in [2.75, 3.05) is 17.5 Å². The van der Waals surface area contributed by atoms with Crippen LogP contribution in [0.1, 0.15) is 6.92 Å². The van der Waals surface area contributed by atoms with Crippen molar-refractivity contribution in [1.82, 2.24) is 25.7 Å². The Morgan fingerprint density at radius 2 is 2.12 bits per heavy atom. The maximum atomic E-state index is 12.1. The standard InChI is InChI=1S/C15H15N7O2/c1-2-24-11-7-8(10-5-6-16-19-10)3-4-9(11)13-17-14-12(15(23)18-13)20-22-21-14/h3-7,20,22H,2H2,1H3,(H,16,19)(H2,17,18,21,23). The van der Waals surface area contributed by atoms with Crippen molar-refractivity contribution in [2.45, 2.75) is 6.92 Å². The van der Waals surface area contributed by atoms with Crippen LogP contribution in [-0.4, -0.2) is 26.8 Å². The molecule has 24 heavy (non-hydrogen) atoms. The molecule has 3 aromatic rings. The van der Waals surface area contributed by atoms with Gasteiger partial charge in [0.1, 0.15) is 11.6 Å². The lowest BCUT2D eigenvalue weighted by molar-refractivity contribution is 0.341. The Balaban J connectivity index is 1.83. The minimum atomic E-state index is -0.272. The third-order valence-electron chi connectivity index (χ3n) is 3.62. The highest BCUT2D eigenvalue weighted by Gasteiger charge is 2.19. The molecule has 122 valence electrons. The summed E-state index contributed by atoms with van der Waals surface area (Å²) in [6, 6.07) is 7.52. The van der Waals surface area contributed by atoms with Crippen molar-refractivity contribution in [3.63, 3.8) is 0 Å². The van der Waals surface area contributed by atoms with Crippen molar-refractivity contribution in [2.24, 2.45) is 0 Å². The van der Waals surface area contributed by atoms with E-state index in [1.165, 1.54) is 0 Å². The van der Waals surface area contributed by atoms with E-state index in [-0.39, 0.29) is 5.56 Å². The fourth-order valence-corrected chi connectivity index (χ4v) is 2.53. The normalized spacial score (nSPS) is 12.4. The summed E-state index contributed by atoms with van der Waals surface area (Å²) < 4.78 is 5.74. The summed E-state index contributed by atoms with van der Waals surface area (Å²) >= 11 is 0. The number of hydrogen-bond acceptors (Lipinski definition) is 7. The highest BCUT2D eigenvalue weighted by molar-refractivity contribution is 5.75. The van der Waals surface area contributed by atoms with Crippen molar-refractivity contribution in [1.29, 1.82) is 0 Å². The second kappa shape index (κ2) is 5.70. The van der Waals surface area contributed by atoms with E-state index >= 15 is 0 Å². The molecule has 0 aliphatic carbocycles. The quantitative estimate of drug-likeness (QED) is 0.493. The highest BCUT2D eigenvalue weighted by Crippen LogP contribution is 2.33. The zero-order valence-corrected chi connectivity index (χ0v) is 12.8. The molecule has 0 fully saturated rings. The number of hydrogen-bond donors (Lipinski definition) is 5. The van der Waals surface area contributed by atoms with E-state index in [0.717, 1.165) is 11.3 Å². The number of hydrazine groups is 2. The van der Waals surface area contributed by atoms with Crippen molar-refractivity contribution < 1.29 is 4.74 Å². The van der Waals surface area contributed by atoms with Gasteiger partial charge in [-0.05, 0) is 25.1 Å². The van der Waals surface area contributed by atoms with Crippen molar-refractivity contribution in [3.8, 4) is 28.4 Å². The maximum absolute atomic E-state index is 12.1. The van der Waals surface area contributed by atoms with Crippen LogP contribution < -0.4 is 26.7 Å². The third-order valence-corrected chi connectivity index (χ3v) is 3.62. The van der Waals surface area contributed by atoms with Crippen LogP contribution in [0.4, 0.5) is 11.5 Å². The number of rotatable bonds is 4. The van der Waals surface area contributed by atoms with Crippen LogP contribution >= 0.6 is 0 Å². The Labute approximate surface area is 136 Å². The van der Waals surface area contributed by atoms with E-state index in [9.17, 15) is 4.79 Å². The Morgan fingerprint density at radius 1 is 1.21 bits per heavy atom. The lowest BCUT2D eigenvalue weighted by Crippen LogP contribution is -2.21. The molecule has 2 aromatic heterocycles. The summed E-state index contributed by atoms with van der Waals surface area (Å²) in [4.78, 5) is 19.3. The highest BCUT2D eigenvalue weighted by atomic mass is 16.5. The average Bonchev–Trinajstić information content (AvgIpc) is 3.27. The number of fused-ring (bicyclic) bond motifs is 1. The lowest BCUT2D eigenvalue weighted by atomic mass is 10.1. The van der Waals surface area contributed by atoms with Gasteiger partial charge >= 0.3 is 0 Å². The van der Waals surface area contributed by atoms with Gasteiger partial charge in [-0.3, -0.25) is 20.7 Å². The zero-order chi connectivity index (χ0) is 16.5. The van der Waals surface area contributed by atoms with Gasteiger partial charge in [-0.25, -0.2) is 4.98 Å². The fraction of sp³-hybridized carbons (Fsp3) is 0.133. The first-order chi connectivity index (χ1) is 11.8. The van der Waals surface area contributed by atoms with E-state index in [1.807, 2.05) is 31.2 Å². The molecule has 0 atom stereocenters. The van der Waals surface area contributed by atoms with E-state index < -0.39 is 0 Å². The molecular weight excluding hydrogens is 310 g/mol. The van der Waals surface area contributed by atoms with Crippen LogP contribution in [-0.2, 0) is 0 Å². The molecule has 1 aromatic carbocycles. The molecule has 1 aliphatic rings. The predicted molar refractivity (Wildman–Crippen MR) is 89.4 cm³/mol. The minimum Gasteiger partial charge on any atom is -0.493 e. The van der Waals surface area contributed by atoms with E-state index in [2.05, 4.69) is 36.6 Å². The van der Waals surface area contributed by atoms with Gasteiger partial charge in [0, 0.05) is 11.8 Å². The Kier molecular flexibility index (Phi) is 3.39. The summed E-state index contributed by atoms with van der Waals surface area (Å²) in [6.07, 6.45) is 1.76.